The topological polar surface area (TPSA) is 154 Å². The molecule has 12 nitrogen and oxygen atoms in total. The number of alkyl carbamates (subject to hydrolysis) is 1. The molecule has 0 bridgehead atoms. The lowest BCUT2D eigenvalue weighted by atomic mass is 9.93. The number of methoxy groups -OCH3 is 1. The van der Waals surface area contributed by atoms with Crippen LogP contribution in [0.1, 0.15) is 116 Å². The molecule has 0 aliphatic carbocycles. The number of thiophene rings is 1. The first-order valence-corrected chi connectivity index (χ1v) is 20.5. The van der Waals surface area contributed by atoms with Gasteiger partial charge in [-0.1, -0.05) is 46.1 Å². The Hall–Kier alpha value is -5.43. The first-order chi connectivity index (χ1) is 27.3. The van der Waals surface area contributed by atoms with Gasteiger partial charge in [0.1, 0.15) is 22.8 Å². The van der Waals surface area contributed by atoms with Crippen molar-refractivity contribution in [3.05, 3.63) is 82.0 Å². The van der Waals surface area contributed by atoms with Gasteiger partial charge in [-0.15, -0.1) is 11.3 Å². The Labute approximate surface area is 339 Å². The summed E-state index contributed by atoms with van der Waals surface area (Å²) >= 11 is 1.56. The minimum Gasteiger partial charge on any atom is -0.493 e. The average molecular weight is 799 g/mol. The standard InChI is InChI=1S/C44H54N4O8S/c1-8-11-12-27(10-3)26-55-37-22-28(25-46-43(52)56-44(4,5)6)13-15-34(37)48-40(49)32-23-33-36(54-20-17-29-18-21-57-39(29)33)24-31(32)30-14-16-35(41(50)45-19-9-2)47-38(30)42(51)53-7/h13-16,18,21-24,27H,8-12,17,19-20,25-26H2,1-7H3,(H,45,50)(H,46,52)(H,48,49). The smallest absolute Gasteiger partial charge is 0.407 e. The number of pyridine rings is 1. The molecule has 0 saturated carbocycles. The zero-order valence-corrected chi connectivity index (χ0v) is 34.8. The molecule has 3 N–H and O–H groups in total. The van der Waals surface area contributed by atoms with E-state index in [0.717, 1.165) is 53.7 Å². The third-order valence-electron chi connectivity index (χ3n) is 9.46. The molecule has 1 unspecified atom stereocenters. The van der Waals surface area contributed by atoms with E-state index in [2.05, 4.69) is 40.8 Å². The number of hydrogen-bond acceptors (Lipinski definition) is 10. The van der Waals surface area contributed by atoms with Gasteiger partial charge in [0.25, 0.3) is 11.8 Å². The van der Waals surface area contributed by atoms with Crippen LogP contribution in [0.2, 0.25) is 0 Å². The van der Waals surface area contributed by atoms with Gasteiger partial charge in [0, 0.05) is 46.6 Å². The van der Waals surface area contributed by atoms with Gasteiger partial charge in [-0.3, -0.25) is 9.59 Å². The Morgan fingerprint density at radius 2 is 1.74 bits per heavy atom. The van der Waals surface area contributed by atoms with Crippen molar-refractivity contribution in [1.82, 2.24) is 15.6 Å². The fourth-order valence-electron chi connectivity index (χ4n) is 6.39. The maximum Gasteiger partial charge on any atom is 0.407 e. The highest BCUT2D eigenvalue weighted by molar-refractivity contribution is 7.13. The summed E-state index contributed by atoms with van der Waals surface area (Å²) in [6.45, 7) is 13.1. The summed E-state index contributed by atoms with van der Waals surface area (Å²) in [5.41, 5.74) is 3.21. The molecular weight excluding hydrogens is 745 g/mol. The molecule has 2 aromatic carbocycles. The van der Waals surface area contributed by atoms with E-state index in [1.807, 2.05) is 18.4 Å². The number of unbranched alkanes of at least 4 members (excludes halogenated alkanes) is 1. The van der Waals surface area contributed by atoms with E-state index < -0.39 is 29.5 Å². The number of benzene rings is 2. The summed E-state index contributed by atoms with van der Waals surface area (Å²) in [4.78, 5) is 58.8. The Kier molecular flexibility index (Phi) is 14.7. The normalized spacial score (nSPS) is 12.5. The number of carbonyl (C=O) groups is 4. The van der Waals surface area contributed by atoms with Crippen LogP contribution in [0.15, 0.2) is 53.9 Å². The number of aromatic nitrogens is 1. The molecule has 5 rings (SSSR count). The van der Waals surface area contributed by atoms with Crippen molar-refractivity contribution >= 4 is 40.9 Å². The largest absolute Gasteiger partial charge is 0.493 e. The molecule has 3 amide bonds. The monoisotopic (exact) mass is 798 g/mol. The Bertz CT molecular complexity index is 2070. The Morgan fingerprint density at radius 3 is 2.46 bits per heavy atom. The van der Waals surface area contributed by atoms with Crippen LogP contribution in [0.3, 0.4) is 0 Å². The number of anilines is 1. The molecule has 4 aromatic rings. The summed E-state index contributed by atoms with van der Waals surface area (Å²) in [7, 11) is 1.24. The molecule has 304 valence electrons. The Morgan fingerprint density at radius 1 is 0.930 bits per heavy atom. The molecule has 57 heavy (non-hydrogen) atoms. The van der Waals surface area contributed by atoms with Crippen molar-refractivity contribution < 1.29 is 38.1 Å². The van der Waals surface area contributed by atoms with E-state index in [0.29, 0.717) is 60.4 Å². The molecule has 0 spiro atoms. The summed E-state index contributed by atoms with van der Waals surface area (Å²) in [5, 5.41) is 10.7. The van der Waals surface area contributed by atoms with Crippen LogP contribution >= 0.6 is 11.3 Å². The van der Waals surface area contributed by atoms with Gasteiger partial charge in [-0.05, 0) is 98.5 Å². The lowest BCUT2D eigenvalue weighted by Crippen LogP contribution is -2.32. The van der Waals surface area contributed by atoms with Crippen molar-refractivity contribution in [2.24, 2.45) is 5.92 Å². The van der Waals surface area contributed by atoms with Gasteiger partial charge in [0.05, 0.1) is 26.0 Å². The predicted octanol–water partition coefficient (Wildman–Crippen LogP) is 9.21. The molecule has 1 atom stereocenters. The average Bonchev–Trinajstić information content (AvgIpc) is 3.59. The zero-order valence-electron chi connectivity index (χ0n) is 34.0. The number of hydrogen-bond donors (Lipinski definition) is 3. The molecular formula is C44H54N4O8S. The van der Waals surface area contributed by atoms with Crippen molar-refractivity contribution in [2.45, 2.75) is 92.2 Å². The van der Waals surface area contributed by atoms with Crippen molar-refractivity contribution in [1.29, 1.82) is 0 Å². The molecule has 0 saturated heterocycles. The molecule has 2 aromatic heterocycles. The fourth-order valence-corrected chi connectivity index (χ4v) is 7.37. The second-order valence-electron chi connectivity index (χ2n) is 15.0. The minimum atomic E-state index is -0.766. The quantitative estimate of drug-likeness (QED) is 0.0942. The van der Waals surface area contributed by atoms with Crippen LogP contribution in [0.25, 0.3) is 21.6 Å². The third kappa shape index (κ3) is 11.1. The summed E-state index contributed by atoms with van der Waals surface area (Å²) in [6.07, 6.45) is 4.97. The van der Waals surface area contributed by atoms with E-state index in [4.69, 9.17) is 18.9 Å². The highest BCUT2D eigenvalue weighted by Gasteiger charge is 2.28. The van der Waals surface area contributed by atoms with E-state index in [1.54, 1.807) is 62.4 Å². The van der Waals surface area contributed by atoms with Crippen LogP contribution in [-0.4, -0.2) is 61.3 Å². The number of amides is 3. The molecule has 0 radical (unpaired) electrons. The minimum absolute atomic E-state index is 0.0418. The first kappa shape index (κ1) is 42.7. The summed E-state index contributed by atoms with van der Waals surface area (Å²) in [5.74, 6) is -0.368. The van der Waals surface area contributed by atoms with Crippen LogP contribution in [0.5, 0.6) is 11.5 Å². The van der Waals surface area contributed by atoms with Gasteiger partial charge in [-0.25, -0.2) is 14.6 Å². The maximum absolute atomic E-state index is 14.7. The number of ether oxygens (including phenoxy) is 4. The van der Waals surface area contributed by atoms with Gasteiger partial charge in [-0.2, -0.15) is 0 Å². The van der Waals surface area contributed by atoms with Crippen LogP contribution in [-0.2, 0) is 22.4 Å². The number of nitrogens with zero attached hydrogens (tertiary/aromatic N) is 1. The van der Waals surface area contributed by atoms with Gasteiger partial charge >= 0.3 is 12.1 Å². The second kappa shape index (κ2) is 19.6. The van der Waals surface area contributed by atoms with Crippen LogP contribution < -0.4 is 25.4 Å². The van der Waals surface area contributed by atoms with E-state index >= 15 is 0 Å². The number of carbonyl (C=O) groups excluding carboxylic acids is 4. The summed E-state index contributed by atoms with van der Waals surface area (Å²) in [6, 6.07) is 14.1. The van der Waals surface area contributed by atoms with Gasteiger partial charge in [0.2, 0.25) is 0 Å². The predicted molar refractivity (Wildman–Crippen MR) is 222 cm³/mol. The molecule has 13 heteroatoms. The lowest BCUT2D eigenvalue weighted by Gasteiger charge is -2.21. The van der Waals surface area contributed by atoms with E-state index in [1.165, 1.54) is 13.2 Å². The molecule has 1 aliphatic rings. The maximum atomic E-state index is 14.7. The third-order valence-corrected chi connectivity index (χ3v) is 10.5. The first-order valence-electron chi connectivity index (χ1n) is 19.6. The van der Waals surface area contributed by atoms with E-state index in [-0.39, 0.29) is 23.5 Å². The van der Waals surface area contributed by atoms with Crippen molar-refractivity contribution in [3.63, 3.8) is 0 Å². The second-order valence-corrected chi connectivity index (χ2v) is 15.9. The van der Waals surface area contributed by atoms with Gasteiger partial charge in [0.15, 0.2) is 5.69 Å². The zero-order chi connectivity index (χ0) is 41.1. The number of rotatable bonds is 16. The number of fused-ring (bicyclic) bond motifs is 3. The SMILES string of the molecule is CCCCC(CC)COc1cc(CNC(=O)OC(C)(C)C)ccc1NC(=O)c1cc2c(cc1-c1ccc(C(=O)NCCC)nc1C(=O)OC)OCCc1ccsc1-2. The van der Waals surface area contributed by atoms with E-state index in [9.17, 15) is 19.2 Å². The van der Waals surface area contributed by atoms with Gasteiger partial charge < -0.3 is 34.9 Å². The Balaban J connectivity index is 1.58. The van der Waals surface area contributed by atoms with Crippen LogP contribution in [0.4, 0.5) is 10.5 Å². The number of esters is 1. The molecule has 1 aliphatic heterocycles. The lowest BCUT2D eigenvalue weighted by molar-refractivity contribution is 0.0521. The van der Waals surface area contributed by atoms with Crippen LogP contribution in [0, 0.1) is 5.92 Å². The highest BCUT2D eigenvalue weighted by Crippen LogP contribution is 2.43. The van der Waals surface area contributed by atoms with Crippen molar-refractivity contribution in [3.8, 4) is 33.1 Å². The van der Waals surface area contributed by atoms with Crippen molar-refractivity contribution in [2.75, 3.05) is 32.2 Å². The fraction of sp³-hybridized carbons (Fsp3) is 0.432. The molecule has 0 fully saturated rings. The summed E-state index contributed by atoms with van der Waals surface area (Å²) < 4.78 is 23.2. The highest BCUT2D eigenvalue weighted by atomic mass is 32.1. The molecule has 3 heterocycles. The number of nitrogens with one attached hydrogen (secondary N) is 3.